The molecular formula is C12H15BrINOS. The second kappa shape index (κ2) is 6.52. The Bertz CT molecular complexity index is 392. The Labute approximate surface area is 128 Å². The van der Waals surface area contributed by atoms with E-state index in [0.717, 1.165) is 23.9 Å². The van der Waals surface area contributed by atoms with Crippen molar-refractivity contribution < 1.29 is 4.79 Å². The number of hydrogen-bond donors (Lipinski definition) is 0. The first-order valence-electron chi connectivity index (χ1n) is 5.83. The number of nitrogens with zero attached hydrogens (tertiary/aromatic N) is 1. The van der Waals surface area contributed by atoms with E-state index in [1.807, 2.05) is 11.4 Å². The molecule has 0 bridgehead atoms. The fourth-order valence-corrected chi connectivity index (χ4v) is 3.54. The second-order valence-electron chi connectivity index (χ2n) is 4.27. The van der Waals surface area contributed by atoms with Gasteiger partial charge in [0.05, 0.1) is 8.45 Å². The van der Waals surface area contributed by atoms with Gasteiger partial charge in [-0.1, -0.05) is 15.9 Å². The quantitative estimate of drug-likeness (QED) is 0.511. The van der Waals surface area contributed by atoms with E-state index in [2.05, 4.69) is 43.4 Å². The van der Waals surface area contributed by atoms with E-state index < -0.39 is 0 Å². The monoisotopic (exact) mass is 427 g/mol. The Morgan fingerprint density at radius 3 is 2.82 bits per heavy atom. The first kappa shape index (κ1) is 13.8. The van der Waals surface area contributed by atoms with Gasteiger partial charge in [0, 0.05) is 23.3 Å². The van der Waals surface area contributed by atoms with E-state index >= 15 is 0 Å². The molecule has 1 aliphatic rings. The lowest BCUT2D eigenvalue weighted by Crippen LogP contribution is -2.44. The second-order valence-corrected chi connectivity index (χ2v) is 7.86. The molecule has 2 rings (SSSR count). The highest BCUT2D eigenvalue weighted by atomic mass is 127. The van der Waals surface area contributed by atoms with Gasteiger partial charge >= 0.3 is 0 Å². The van der Waals surface area contributed by atoms with Crippen molar-refractivity contribution in [3.63, 3.8) is 0 Å². The molecule has 1 amide bonds. The van der Waals surface area contributed by atoms with Crippen molar-refractivity contribution in [2.75, 3.05) is 11.9 Å². The summed E-state index contributed by atoms with van der Waals surface area (Å²) in [6.45, 7) is 0.876. The summed E-state index contributed by atoms with van der Waals surface area (Å²) in [6, 6.07) is 2.48. The zero-order chi connectivity index (χ0) is 12.3. The molecule has 1 heterocycles. The maximum absolute atomic E-state index is 12.4. The zero-order valence-electron chi connectivity index (χ0n) is 9.49. The number of amides is 1. The third-order valence-electron chi connectivity index (χ3n) is 3.12. The molecule has 0 aromatic carbocycles. The van der Waals surface area contributed by atoms with E-state index in [0.29, 0.717) is 6.04 Å². The van der Waals surface area contributed by atoms with E-state index in [4.69, 9.17) is 0 Å². The zero-order valence-corrected chi connectivity index (χ0v) is 14.1. The first-order chi connectivity index (χ1) is 8.22. The molecule has 1 aromatic heterocycles. The van der Waals surface area contributed by atoms with Crippen molar-refractivity contribution in [3.8, 4) is 0 Å². The van der Waals surface area contributed by atoms with Gasteiger partial charge in [-0.25, -0.2) is 0 Å². The van der Waals surface area contributed by atoms with Crippen molar-refractivity contribution in [2.24, 2.45) is 0 Å². The Kier molecular flexibility index (Phi) is 5.29. The molecule has 5 heteroatoms. The Hall–Kier alpha value is 0.380. The van der Waals surface area contributed by atoms with E-state index in [1.54, 1.807) is 11.3 Å². The van der Waals surface area contributed by atoms with Crippen LogP contribution in [0.15, 0.2) is 11.4 Å². The maximum atomic E-state index is 12.4. The third-order valence-corrected chi connectivity index (χ3v) is 5.47. The normalized spacial score (nSPS) is 15.6. The molecule has 0 N–H and O–H groups in total. The van der Waals surface area contributed by atoms with Gasteiger partial charge in [0.1, 0.15) is 0 Å². The molecule has 0 atom stereocenters. The minimum atomic E-state index is 0.217. The average Bonchev–Trinajstić information content (AvgIpc) is 2.67. The number of halogens is 2. The Morgan fingerprint density at radius 1 is 1.59 bits per heavy atom. The van der Waals surface area contributed by atoms with Crippen LogP contribution >= 0.6 is 49.9 Å². The summed E-state index contributed by atoms with van der Waals surface area (Å²) in [5.74, 6) is 0.217. The predicted molar refractivity (Wildman–Crippen MR) is 84.1 cm³/mol. The fraction of sp³-hybridized carbons (Fsp3) is 0.583. The Balaban J connectivity index is 2.06. The van der Waals surface area contributed by atoms with Crippen LogP contribution in [-0.2, 0) is 0 Å². The lowest BCUT2D eigenvalue weighted by Gasteiger charge is -2.37. The van der Waals surface area contributed by atoms with Gasteiger partial charge in [0.2, 0.25) is 0 Å². The third kappa shape index (κ3) is 3.44. The molecule has 0 unspecified atom stereocenters. The predicted octanol–water partition coefficient (Wildman–Crippen LogP) is 4.13. The van der Waals surface area contributed by atoms with Crippen LogP contribution in [0.3, 0.4) is 0 Å². The van der Waals surface area contributed by atoms with Crippen molar-refractivity contribution in [1.82, 2.24) is 4.90 Å². The highest BCUT2D eigenvalue weighted by Crippen LogP contribution is 2.27. The fourth-order valence-electron chi connectivity index (χ4n) is 1.97. The summed E-state index contributed by atoms with van der Waals surface area (Å²) in [6.07, 6.45) is 4.65. The van der Waals surface area contributed by atoms with Crippen molar-refractivity contribution in [1.29, 1.82) is 0 Å². The number of rotatable bonds is 5. The van der Waals surface area contributed by atoms with Crippen LogP contribution in [0.2, 0.25) is 0 Å². The van der Waals surface area contributed by atoms with Gasteiger partial charge in [-0.05, 0) is 54.3 Å². The van der Waals surface area contributed by atoms with E-state index in [9.17, 15) is 4.79 Å². The van der Waals surface area contributed by atoms with Crippen LogP contribution in [0.5, 0.6) is 0 Å². The average molecular weight is 428 g/mol. The molecule has 1 aliphatic carbocycles. The van der Waals surface area contributed by atoms with Crippen LogP contribution in [0.25, 0.3) is 0 Å². The molecule has 1 fully saturated rings. The lowest BCUT2D eigenvalue weighted by molar-refractivity contribution is 0.0581. The molecule has 1 saturated carbocycles. The van der Waals surface area contributed by atoms with Gasteiger partial charge in [0.15, 0.2) is 0 Å². The molecule has 0 spiro atoms. The van der Waals surface area contributed by atoms with Crippen LogP contribution in [0, 0.1) is 2.88 Å². The van der Waals surface area contributed by atoms with Gasteiger partial charge in [0.25, 0.3) is 5.91 Å². The molecule has 0 aliphatic heterocycles. The maximum Gasteiger partial charge on any atom is 0.254 e. The van der Waals surface area contributed by atoms with Crippen LogP contribution in [0.4, 0.5) is 0 Å². The SMILES string of the molecule is O=C(c1csc(I)c1)N(CCCBr)C1CCC1. The number of carbonyl (C=O) groups is 1. The van der Waals surface area contributed by atoms with Crippen LogP contribution in [-0.4, -0.2) is 28.7 Å². The summed E-state index contributed by atoms with van der Waals surface area (Å²) in [7, 11) is 0. The van der Waals surface area contributed by atoms with Crippen LogP contribution < -0.4 is 0 Å². The van der Waals surface area contributed by atoms with Gasteiger partial charge in [-0.2, -0.15) is 0 Å². The Morgan fingerprint density at radius 2 is 2.35 bits per heavy atom. The van der Waals surface area contributed by atoms with Crippen molar-refractivity contribution in [3.05, 3.63) is 19.9 Å². The van der Waals surface area contributed by atoms with Crippen LogP contribution in [0.1, 0.15) is 36.0 Å². The molecular weight excluding hydrogens is 413 g/mol. The summed E-state index contributed by atoms with van der Waals surface area (Å²) >= 11 is 7.35. The number of hydrogen-bond acceptors (Lipinski definition) is 2. The number of carbonyl (C=O) groups excluding carboxylic acids is 1. The molecule has 94 valence electrons. The number of thiophene rings is 1. The minimum absolute atomic E-state index is 0.217. The van der Waals surface area contributed by atoms with E-state index in [1.165, 1.54) is 22.1 Å². The first-order valence-corrected chi connectivity index (χ1v) is 8.91. The van der Waals surface area contributed by atoms with E-state index in [-0.39, 0.29) is 5.91 Å². The summed E-state index contributed by atoms with van der Waals surface area (Å²) in [4.78, 5) is 14.5. The topological polar surface area (TPSA) is 20.3 Å². The van der Waals surface area contributed by atoms with Gasteiger partial charge in [-0.3, -0.25) is 4.79 Å². The number of alkyl halides is 1. The summed E-state index contributed by atoms with van der Waals surface area (Å²) in [5.41, 5.74) is 0.862. The largest absolute Gasteiger partial charge is 0.336 e. The highest BCUT2D eigenvalue weighted by Gasteiger charge is 2.29. The summed E-state index contributed by atoms with van der Waals surface area (Å²) in [5, 5.41) is 2.94. The smallest absolute Gasteiger partial charge is 0.254 e. The summed E-state index contributed by atoms with van der Waals surface area (Å²) < 4.78 is 1.18. The molecule has 2 nitrogen and oxygen atoms in total. The van der Waals surface area contributed by atoms with Crippen molar-refractivity contribution >= 4 is 55.8 Å². The standard InChI is InChI=1S/C12H15BrINOS/c13-5-2-6-15(10-3-1-4-10)12(16)9-7-11(14)17-8-9/h7-8,10H,1-6H2. The van der Waals surface area contributed by atoms with Crippen molar-refractivity contribution in [2.45, 2.75) is 31.7 Å². The molecule has 0 saturated heterocycles. The highest BCUT2D eigenvalue weighted by molar-refractivity contribution is 14.1. The molecule has 1 aromatic rings. The molecule has 17 heavy (non-hydrogen) atoms. The lowest BCUT2D eigenvalue weighted by atomic mass is 9.91. The molecule has 0 radical (unpaired) electrons. The minimum Gasteiger partial charge on any atom is -0.336 e. The van der Waals surface area contributed by atoms with Gasteiger partial charge < -0.3 is 4.90 Å². The van der Waals surface area contributed by atoms with Gasteiger partial charge in [-0.15, -0.1) is 11.3 Å².